The summed E-state index contributed by atoms with van der Waals surface area (Å²) < 4.78 is 43.7. The average molecular weight is 372 g/mol. The van der Waals surface area contributed by atoms with Crippen LogP contribution < -0.4 is 0 Å². The molecule has 0 amide bonds. The Morgan fingerprint density at radius 2 is 1.73 bits per heavy atom. The van der Waals surface area contributed by atoms with Crippen molar-refractivity contribution in [2.45, 2.75) is 35.6 Å². The highest BCUT2D eigenvalue weighted by Crippen LogP contribution is 2.35. The first-order valence-electron chi connectivity index (χ1n) is 8.50. The largest absolute Gasteiger partial charge is 0.493 e. The molecule has 6 heteroatoms. The highest BCUT2D eigenvalue weighted by atomic mass is 32.2. The normalized spacial score (nSPS) is 28.2. The molecule has 0 aromatic heterocycles. The van der Waals surface area contributed by atoms with Crippen LogP contribution in [0.1, 0.15) is 17.4 Å². The van der Waals surface area contributed by atoms with E-state index in [9.17, 15) is 8.42 Å². The fourth-order valence-electron chi connectivity index (χ4n) is 3.24. The summed E-state index contributed by atoms with van der Waals surface area (Å²) in [7, 11) is -3.60. The zero-order valence-electron chi connectivity index (χ0n) is 14.3. The van der Waals surface area contributed by atoms with Crippen LogP contribution in [0.15, 0.2) is 71.8 Å². The smallest absolute Gasteiger partial charge is 0.187 e. The molecule has 1 fully saturated rings. The molecule has 26 heavy (non-hydrogen) atoms. The highest BCUT2D eigenvalue weighted by molar-refractivity contribution is 7.92. The number of aryl methyl sites for hydroxylation is 1. The van der Waals surface area contributed by atoms with E-state index in [2.05, 4.69) is 0 Å². The van der Waals surface area contributed by atoms with Gasteiger partial charge >= 0.3 is 0 Å². The van der Waals surface area contributed by atoms with E-state index in [1.54, 1.807) is 30.3 Å². The summed E-state index contributed by atoms with van der Waals surface area (Å²) in [5, 5.41) is -0.820. The van der Waals surface area contributed by atoms with E-state index in [0.29, 0.717) is 0 Å². The lowest BCUT2D eigenvalue weighted by atomic mass is 10.1. The van der Waals surface area contributed by atoms with Crippen LogP contribution in [0.2, 0.25) is 0 Å². The second-order valence-electron chi connectivity index (χ2n) is 6.50. The minimum Gasteiger partial charge on any atom is -0.493 e. The quantitative estimate of drug-likeness (QED) is 0.828. The summed E-state index contributed by atoms with van der Waals surface area (Å²) in [5.41, 5.74) is 1.86. The maximum atomic E-state index is 13.2. The number of sulfone groups is 1. The molecule has 2 aliphatic rings. The van der Waals surface area contributed by atoms with Crippen molar-refractivity contribution in [3.8, 4) is 0 Å². The van der Waals surface area contributed by atoms with Crippen molar-refractivity contribution in [2.24, 2.45) is 0 Å². The van der Waals surface area contributed by atoms with Gasteiger partial charge in [-0.15, -0.1) is 0 Å². The van der Waals surface area contributed by atoms with Gasteiger partial charge in [-0.05, 0) is 25.1 Å². The Balaban J connectivity index is 1.64. The summed E-state index contributed by atoms with van der Waals surface area (Å²) >= 11 is 0. The van der Waals surface area contributed by atoms with Gasteiger partial charge in [-0.2, -0.15) is 0 Å². The van der Waals surface area contributed by atoms with Gasteiger partial charge in [-0.25, -0.2) is 8.42 Å². The molecule has 2 heterocycles. The first-order valence-corrected chi connectivity index (χ1v) is 10.0. The minimum absolute atomic E-state index is 0.272. The first kappa shape index (κ1) is 17.3. The summed E-state index contributed by atoms with van der Waals surface area (Å²) in [6, 6.07) is 16.4. The van der Waals surface area contributed by atoms with Gasteiger partial charge in [0.15, 0.2) is 16.1 Å². The Morgan fingerprint density at radius 1 is 1.00 bits per heavy atom. The Kier molecular flexibility index (Phi) is 4.56. The zero-order chi connectivity index (χ0) is 18.1. The highest BCUT2D eigenvalue weighted by Gasteiger charge is 2.45. The Morgan fingerprint density at radius 3 is 2.46 bits per heavy atom. The fraction of sp³-hybridized carbons (Fsp3) is 0.300. The molecule has 0 spiro atoms. The van der Waals surface area contributed by atoms with Crippen molar-refractivity contribution in [2.75, 3.05) is 6.61 Å². The molecule has 1 saturated heterocycles. The molecule has 0 aliphatic carbocycles. The van der Waals surface area contributed by atoms with E-state index in [1.165, 1.54) is 6.26 Å². The average Bonchev–Trinajstić information content (AvgIpc) is 2.68. The summed E-state index contributed by atoms with van der Waals surface area (Å²) in [5.74, 6) is 0. The Labute approximate surface area is 153 Å². The predicted octanol–water partition coefficient (Wildman–Crippen LogP) is 3.16. The number of hydrogen-bond acceptors (Lipinski definition) is 5. The van der Waals surface area contributed by atoms with E-state index < -0.39 is 33.6 Å². The number of ether oxygens (including phenoxy) is 3. The lowest BCUT2D eigenvalue weighted by Gasteiger charge is -2.40. The van der Waals surface area contributed by atoms with Crippen LogP contribution in [0, 0.1) is 6.92 Å². The van der Waals surface area contributed by atoms with Crippen LogP contribution in [0.4, 0.5) is 0 Å². The van der Waals surface area contributed by atoms with Gasteiger partial charge in [0.1, 0.15) is 17.5 Å². The third-order valence-electron chi connectivity index (χ3n) is 4.68. The van der Waals surface area contributed by atoms with E-state index >= 15 is 0 Å². The molecule has 0 radical (unpaired) electrons. The molecule has 0 saturated carbocycles. The molecule has 2 aliphatic heterocycles. The molecule has 0 N–H and O–H groups in total. The fourth-order valence-corrected chi connectivity index (χ4v) is 4.93. The first-order chi connectivity index (χ1) is 12.6. The van der Waals surface area contributed by atoms with Gasteiger partial charge in [0.05, 0.1) is 17.8 Å². The van der Waals surface area contributed by atoms with Crippen LogP contribution in [0.3, 0.4) is 0 Å². The maximum absolute atomic E-state index is 13.2. The van der Waals surface area contributed by atoms with Gasteiger partial charge in [-0.3, -0.25) is 0 Å². The van der Waals surface area contributed by atoms with Crippen LogP contribution in [0.25, 0.3) is 0 Å². The third-order valence-corrected chi connectivity index (χ3v) is 6.76. The summed E-state index contributed by atoms with van der Waals surface area (Å²) in [6.45, 7) is 2.20. The molecule has 2 aromatic carbocycles. The van der Waals surface area contributed by atoms with Crippen LogP contribution >= 0.6 is 0 Å². The van der Waals surface area contributed by atoms with Crippen LogP contribution in [-0.2, 0) is 24.0 Å². The maximum Gasteiger partial charge on any atom is 0.187 e. The van der Waals surface area contributed by atoms with E-state index in [0.717, 1.165) is 11.1 Å². The lowest BCUT2D eigenvalue weighted by molar-refractivity contribution is -0.258. The topological polar surface area (TPSA) is 61.8 Å². The van der Waals surface area contributed by atoms with Crippen molar-refractivity contribution in [1.82, 2.24) is 0 Å². The summed E-state index contributed by atoms with van der Waals surface area (Å²) in [6.07, 6.45) is 1.30. The summed E-state index contributed by atoms with van der Waals surface area (Å²) in [4.78, 5) is 0.282. The third kappa shape index (κ3) is 3.16. The van der Waals surface area contributed by atoms with E-state index in [4.69, 9.17) is 14.2 Å². The van der Waals surface area contributed by atoms with Gasteiger partial charge in [0.2, 0.25) is 0 Å². The molecule has 4 rings (SSSR count). The van der Waals surface area contributed by atoms with Crippen molar-refractivity contribution >= 4 is 9.84 Å². The SMILES string of the molecule is Cc1ccc(S(=O)(=O)[C@H]2C=CO[C@@H]3CO[C@@H](c4ccccc4)O[C@H]32)cc1. The zero-order valence-corrected chi connectivity index (χ0v) is 15.1. The van der Waals surface area contributed by atoms with Crippen molar-refractivity contribution in [1.29, 1.82) is 0 Å². The molecular formula is C20H20O5S. The lowest BCUT2D eigenvalue weighted by Crippen LogP contribution is -2.51. The monoisotopic (exact) mass is 372 g/mol. The molecule has 0 unspecified atom stereocenters. The van der Waals surface area contributed by atoms with Gasteiger partial charge in [0.25, 0.3) is 0 Å². The number of fused-ring (bicyclic) bond motifs is 1. The van der Waals surface area contributed by atoms with Crippen molar-refractivity contribution < 1.29 is 22.6 Å². The Hall–Kier alpha value is -2.15. The molecule has 0 bridgehead atoms. The molecule has 4 atom stereocenters. The molecular weight excluding hydrogens is 352 g/mol. The molecule has 2 aromatic rings. The number of rotatable bonds is 3. The predicted molar refractivity (Wildman–Crippen MR) is 96.2 cm³/mol. The van der Waals surface area contributed by atoms with Crippen LogP contribution in [-0.4, -0.2) is 32.5 Å². The van der Waals surface area contributed by atoms with Gasteiger partial charge < -0.3 is 14.2 Å². The van der Waals surface area contributed by atoms with Gasteiger partial charge in [-0.1, -0.05) is 48.0 Å². The van der Waals surface area contributed by atoms with Crippen molar-refractivity contribution in [3.05, 3.63) is 78.1 Å². The van der Waals surface area contributed by atoms with Crippen LogP contribution in [0.5, 0.6) is 0 Å². The van der Waals surface area contributed by atoms with Crippen molar-refractivity contribution in [3.63, 3.8) is 0 Å². The molecule has 136 valence electrons. The number of benzene rings is 2. The number of hydrogen-bond donors (Lipinski definition) is 0. The molecule has 5 nitrogen and oxygen atoms in total. The standard InChI is InChI=1S/C20H20O5S/c1-14-7-9-16(10-8-14)26(21,22)18-11-12-23-17-13-24-20(25-19(17)18)15-5-3-2-4-6-15/h2-12,17-20H,13H2,1H3/t17-,18+,19-,20-/m1/s1. The Bertz CT molecular complexity index is 890. The van der Waals surface area contributed by atoms with E-state index in [1.807, 2.05) is 37.3 Å². The minimum atomic E-state index is -3.60. The van der Waals surface area contributed by atoms with E-state index in [-0.39, 0.29) is 11.5 Å². The second kappa shape index (κ2) is 6.87. The van der Waals surface area contributed by atoms with Gasteiger partial charge in [0, 0.05) is 5.56 Å². The second-order valence-corrected chi connectivity index (χ2v) is 8.61.